The summed E-state index contributed by atoms with van der Waals surface area (Å²) in [6, 6.07) is 10.0. The summed E-state index contributed by atoms with van der Waals surface area (Å²) in [5, 5.41) is 5.54. The highest BCUT2D eigenvalue weighted by Gasteiger charge is 2.26. The summed E-state index contributed by atoms with van der Waals surface area (Å²) < 4.78 is 36.6. The third-order valence-corrected chi connectivity index (χ3v) is 6.52. The van der Waals surface area contributed by atoms with Gasteiger partial charge in [0.25, 0.3) is 0 Å². The van der Waals surface area contributed by atoms with Gasteiger partial charge in [-0.2, -0.15) is 0 Å². The fraction of sp³-hybridized carbons (Fsp3) is 0.316. The molecule has 0 saturated carbocycles. The Labute approximate surface area is 163 Å². The maximum Gasteiger partial charge on any atom is 0.323 e. The Morgan fingerprint density at radius 1 is 1.07 bits per heavy atom. The van der Waals surface area contributed by atoms with Crippen LogP contribution < -0.4 is 24.4 Å². The van der Waals surface area contributed by atoms with Gasteiger partial charge in [0.05, 0.1) is 11.4 Å². The maximum absolute atomic E-state index is 12.3. The molecule has 28 heavy (non-hydrogen) atoms. The van der Waals surface area contributed by atoms with E-state index in [0.717, 1.165) is 18.4 Å². The number of fused-ring (bicyclic) bond motifs is 2. The zero-order valence-electron chi connectivity index (χ0n) is 15.4. The number of urea groups is 1. The molecule has 0 aliphatic carbocycles. The number of carbonyl (C=O) groups is 1. The van der Waals surface area contributed by atoms with Gasteiger partial charge in [0.1, 0.15) is 0 Å². The van der Waals surface area contributed by atoms with Crippen LogP contribution in [0.1, 0.15) is 18.9 Å². The van der Waals surface area contributed by atoms with Crippen molar-refractivity contribution in [3.8, 4) is 11.5 Å². The fourth-order valence-electron chi connectivity index (χ4n) is 3.35. The molecule has 0 saturated heterocycles. The highest BCUT2D eigenvalue weighted by molar-refractivity contribution is 7.92. The lowest BCUT2D eigenvalue weighted by atomic mass is 10.0. The number of aryl methyl sites for hydroxylation is 1. The smallest absolute Gasteiger partial charge is 0.323 e. The van der Waals surface area contributed by atoms with Gasteiger partial charge < -0.3 is 20.1 Å². The Balaban J connectivity index is 1.47. The molecule has 0 radical (unpaired) electrons. The zero-order valence-corrected chi connectivity index (χ0v) is 16.2. The third-order valence-electron chi connectivity index (χ3n) is 4.74. The second kappa shape index (κ2) is 7.23. The summed E-state index contributed by atoms with van der Waals surface area (Å²) in [7, 11) is -3.30. The van der Waals surface area contributed by atoms with Gasteiger partial charge in [-0.15, -0.1) is 0 Å². The molecule has 0 fully saturated rings. The van der Waals surface area contributed by atoms with Crippen LogP contribution >= 0.6 is 0 Å². The molecule has 2 amide bonds. The summed E-state index contributed by atoms with van der Waals surface area (Å²) >= 11 is 0. The Morgan fingerprint density at radius 3 is 2.57 bits per heavy atom. The predicted octanol–water partition coefficient (Wildman–Crippen LogP) is 3.16. The second-order valence-electron chi connectivity index (χ2n) is 6.57. The minimum absolute atomic E-state index is 0.0599. The van der Waals surface area contributed by atoms with E-state index in [1.54, 1.807) is 37.3 Å². The van der Waals surface area contributed by atoms with Crippen LogP contribution in [0.25, 0.3) is 0 Å². The van der Waals surface area contributed by atoms with E-state index < -0.39 is 16.1 Å². The van der Waals surface area contributed by atoms with Crippen molar-refractivity contribution in [1.29, 1.82) is 0 Å². The molecule has 0 spiro atoms. The number of sulfonamides is 1. The monoisotopic (exact) mass is 403 g/mol. The first-order valence-electron chi connectivity index (χ1n) is 9.07. The van der Waals surface area contributed by atoms with E-state index in [1.807, 2.05) is 6.07 Å². The van der Waals surface area contributed by atoms with E-state index in [2.05, 4.69) is 10.6 Å². The summed E-state index contributed by atoms with van der Waals surface area (Å²) in [4.78, 5) is 12.3. The molecule has 9 heteroatoms. The van der Waals surface area contributed by atoms with Crippen LogP contribution in [0, 0.1) is 0 Å². The SMILES string of the molecule is CCS(=O)(=O)N1CCCc2cc(NC(=O)Nc3ccc4c(c3)OCO4)ccc21. The van der Waals surface area contributed by atoms with Crippen LogP contribution in [-0.4, -0.2) is 33.5 Å². The van der Waals surface area contributed by atoms with Gasteiger partial charge in [-0.1, -0.05) is 0 Å². The van der Waals surface area contributed by atoms with Crippen LogP contribution in [0.5, 0.6) is 11.5 Å². The minimum Gasteiger partial charge on any atom is -0.454 e. The van der Waals surface area contributed by atoms with E-state index >= 15 is 0 Å². The van der Waals surface area contributed by atoms with Crippen molar-refractivity contribution >= 4 is 33.1 Å². The molecule has 2 N–H and O–H groups in total. The van der Waals surface area contributed by atoms with Crippen LogP contribution in [0.3, 0.4) is 0 Å². The fourth-order valence-corrected chi connectivity index (χ4v) is 4.55. The van der Waals surface area contributed by atoms with Crippen molar-refractivity contribution in [2.45, 2.75) is 19.8 Å². The van der Waals surface area contributed by atoms with Crippen molar-refractivity contribution in [1.82, 2.24) is 0 Å². The molecule has 0 unspecified atom stereocenters. The topological polar surface area (TPSA) is 97.0 Å². The largest absolute Gasteiger partial charge is 0.454 e. The average Bonchev–Trinajstić information content (AvgIpc) is 3.15. The van der Waals surface area contributed by atoms with Crippen molar-refractivity contribution in [3.05, 3.63) is 42.0 Å². The Bertz CT molecular complexity index is 1020. The standard InChI is InChI=1S/C19H21N3O5S/c1-2-28(24,25)22-9-3-4-13-10-14(5-7-16(13)22)20-19(23)21-15-6-8-17-18(11-15)27-12-26-17/h5-8,10-11H,2-4,9,12H2,1H3,(H2,20,21,23). The van der Waals surface area contributed by atoms with Gasteiger partial charge in [0.15, 0.2) is 11.5 Å². The predicted molar refractivity (Wildman–Crippen MR) is 107 cm³/mol. The number of carbonyl (C=O) groups excluding carboxylic acids is 1. The molecular formula is C19H21N3O5S. The number of ether oxygens (including phenoxy) is 2. The molecule has 148 valence electrons. The molecule has 2 aromatic rings. The molecule has 4 rings (SSSR count). The zero-order chi connectivity index (χ0) is 19.7. The first-order chi connectivity index (χ1) is 13.5. The van der Waals surface area contributed by atoms with Gasteiger partial charge in [-0.3, -0.25) is 4.31 Å². The molecule has 2 aliphatic rings. The molecular weight excluding hydrogens is 382 g/mol. The van der Waals surface area contributed by atoms with E-state index in [1.165, 1.54) is 4.31 Å². The normalized spacial score (nSPS) is 15.1. The highest BCUT2D eigenvalue weighted by Crippen LogP contribution is 2.34. The summed E-state index contributed by atoms with van der Waals surface area (Å²) in [6.45, 7) is 2.30. The molecule has 2 aromatic carbocycles. The van der Waals surface area contributed by atoms with Crippen LogP contribution in [-0.2, 0) is 16.4 Å². The van der Waals surface area contributed by atoms with Crippen molar-refractivity contribution < 1.29 is 22.7 Å². The van der Waals surface area contributed by atoms with E-state index in [-0.39, 0.29) is 12.5 Å². The summed E-state index contributed by atoms with van der Waals surface area (Å²) in [5.74, 6) is 1.29. The lowest BCUT2D eigenvalue weighted by Gasteiger charge is -2.30. The van der Waals surface area contributed by atoms with Gasteiger partial charge >= 0.3 is 6.03 Å². The lowest BCUT2D eigenvalue weighted by Crippen LogP contribution is -2.36. The summed E-state index contributed by atoms with van der Waals surface area (Å²) in [6.07, 6.45) is 1.52. The number of anilines is 3. The van der Waals surface area contributed by atoms with Gasteiger partial charge in [0, 0.05) is 24.0 Å². The van der Waals surface area contributed by atoms with Crippen LogP contribution in [0.4, 0.5) is 21.9 Å². The van der Waals surface area contributed by atoms with Crippen LogP contribution in [0.15, 0.2) is 36.4 Å². The minimum atomic E-state index is -3.30. The van der Waals surface area contributed by atoms with Crippen LogP contribution in [0.2, 0.25) is 0 Å². The average molecular weight is 403 g/mol. The van der Waals surface area contributed by atoms with Crippen molar-refractivity contribution in [2.75, 3.05) is 34.0 Å². The van der Waals surface area contributed by atoms with Gasteiger partial charge in [-0.05, 0) is 55.7 Å². The second-order valence-corrected chi connectivity index (χ2v) is 8.75. The Kier molecular flexibility index (Phi) is 4.76. The number of hydrogen-bond donors (Lipinski definition) is 2. The molecule has 8 nitrogen and oxygen atoms in total. The van der Waals surface area contributed by atoms with Gasteiger partial charge in [0.2, 0.25) is 16.8 Å². The van der Waals surface area contributed by atoms with E-state index in [0.29, 0.717) is 35.1 Å². The number of benzene rings is 2. The number of hydrogen-bond acceptors (Lipinski definition) is 5. The third kappa shape index (κ3) is 3.57. The van der Waals surface area contributed by atoms with E-state index in [9.17, 15) is 13.2 Å². The summed E-state index contributed by atoms with van der Waals surface area (Å²) in [5.41, 5.74) is 2.78. The molecule has 0 aromatic heterocycles. The van der Waals surface area contributed by atoms with Crippen molar-refractivity contribution in [3.63, 3.8) is 0 Å². The molecule has 0 bridgehead atoms. The number of nitrogens with one attached hydrogen (secondary N) is 2. The highest BCUT2D eigenvalue weighted by atomic mass is 32.2. The van der Waals surface area contributed by atoms with E-state index in [4.69, 9.17) is 9.47 Å². The Hall–Kier alpha value is -2.94. The lowest BCUT2D eigenvalue weighted by molar-refractivity contribution is 0.174. The van der Waals surface area contributed by atoms with Gasteiger partial charge in [-0.25, -0.2) is 13.2 Å². The first-order valence-corrected chi connectivity index (χ1v) is 10.7. The Morgan fingerprint density at radius 2 is 1.79 bits per heavy atom. The molecule has 0 atom stereocenters. The first kappa shape index (κ1) is 18.4. The number of amides is 2. The molecule has 2 heterocycles. The quantitative estimate of drug-likeness (QED) is 0.817. The van der Waals surface area contributed by atoms with Crippen molar-refractivity contribution in [2.24, 2.45) is 0 Å². The molecule has 2 aliphatic heterocycles. The number of rotatable bonds is 4. The maximum atomic E-state index is 12.3. The number of nitrogens with zero attached hydrogens (tertiary/aromatic N) is 1.